The number of carboxylic acids is 1. The molecule has 4 N–H and O–H groups in total. The van der Waals surface area contributed by atoms with Crippen LogP contribution in [-0.2, 0) is 14.4 Å². The third kappa shape index (κ3) is 8.30. The maximum Gasteiger partial charge on any atom is 0.335 e. The van der Waals surface area contributed by atoms with E-state index in [0.717, 1.165) is 19.8 Å². The number of carboxylic acid groups (broad SMARTS) is 1. The predicted molar refractivity (Wildman–Crippen MR) is 124 cm³/mol. The van der Waals surface area contributed by atoms with Crippen molar-refractivity contribution in [3.8, 4) is 0 Å². The van der Waals surface area contributed by atoms with Crippen LogP contribution in [0.15, 0.2) is 59.4 Å². The van der Waals surface area contributed by atoms with E-state index in [9.17, 15) is 24.6 Å². The van der Waals surface area contributed by atoms with Crippen LogP contribution in [0.25, 0.3) is 0 Å². The highest BCUT2D eigenvalue weighted by atomic mass is 16.4. The van der Waals surface area contributed by atoms with Crippen LogP contribution in [0, 0.1) is 11.8 Å². The summed E-state index contributed by atoms with van der Waals surface area (Å²) in [5.41, 5.74) is -1.39. The Kier molecular flexibility index (Phi) is 10.3. The van der Waals surface area contributed by atoms with Crippen LogP contribution in [0.5, 0.6) is 0 Å². The molecular weight excluding hydrogens is 410 g/mol. The fourth-order valence-corrected chi connectivity index (χ4v) is 3.29. The van der Waals surface area contributed by atoms with Gasteiger partial charge in [-0.25, -0.2) is 4.79 Å². The third-order valence-corrected chi connectivity index (χ3v) is 5.37. The van der Waals surface area contributed by atoms with Crippen LogP contribution in [0.1, 0.15) is 53.9 Å². The Morgan fingerprint density at radius 2 is 1.84 bits per heavy atom. The molecule has 1 amide bonds. The fourth-order valence-electron chi connectivity index (χ4n) is 3.29. The Balaban J connectivity index is 2.70. The van der Waals surface area contributed by atoms with Gasteiger partial charge >= 0.3 is 5.97 Å². The van der Waals surface area contributed by atoms with Gasteiger partial charge in [-0.05, 0) is 51.5 Å². The average molecular weight is 446 g/mol. The van der Waals surface area contributed by atoms with E-state index in [-0.39, 0.29) is 5.92 Å². The van der Waals surface area contributed by atoms with Gasteiger partial charge in [0.05, 0.1) is 6.04 Å². The number of amides is 1. The van der Waals surface area contributed by atoms with E-state index in [2.05, 4.69) is 18.3 Å². The molecule has 1 heterocycles. The number of hydrogen-bond donors (Lipinski definition) is 4. The summed E-state index contributed by atoms with van der Waals surface area (Å²) in [5.74, 6) is -2.97. The largest absolute Gasteiger partial charge is 0.507 e. The highest BCUT2D eigenvalue weighted by Gasteiger charge is 2.43. The van der Waals surface area contributed by atoms with Gasteiger partial charge in [0.15, 0.2) is 11.4 Å². The Bertz CT molecular complexity index is 860. The van der Waals surface area contributed by atoms with E-state index in [1.165, 1.54) is 11.6 Å². The number of nitrogens with one attached hydrogen (secondary N) is 1. The second-order valence-corrected chi connectivity index (χ2v) is 8.67. The van der Waals surface area contributed by atoms with Crippen LogP contribution in [-0.4, -0.2) is 44.6 Å². The molecule has 0 aromatic heterocycles. The molecule has 0 aromatic rings. The van der Waals surface area contributed by atoms with Crippen molar-refractivity contribution >= 4 is 17.7 Å². The molecule has 0 unspecified atom stereocenters. The van der Waals surface area contributed by atoms with Gasteiger partial charge in [0.1, 0.15) is 11.3 Å². The maximum absolute atomic E-state index is 12.5. The third-order valence-electron chi connectivity index (χ3n) is 5.37. The van der Waals surface area contributed by atoms with Crippen LogP contribution in [0.4, 0.5) is 0 Å². The summed E-state index contributed by atoms with van der Waals surface area (Å²) in [6, 6.07) is -1.20. The minimum absolute atomic E-state index is 0.102. The zero-order chi connectivity index (χ0) is 24.5. The fraction of sp³-hybridized carbons (Fsp3) is 0.480. The highest BCUT2D eigenvalue weighted by Crippen LogP contribution is 2.23. The van der Waals surface area contributed by atoms with Gasteiger partial charge in [-0.3, -0.25) is 9.59 Å². The van der Waals surface area contributed by atoms with E-state index < -0.39 is 47.1 Å². The van der Waals surface area contributed by atoms with Crippen molar-refractivity contribution in [1.29, 1.82) is 0 Å². The molecule has 0 bridgehead atoms. The molecule has 1 rings (SSSR count). The summed E-state index contributed by atoms with van der Waals surface area (Å²) < 4.78 is 0. The summed E-state index contributed by atoms with van der Waals surface area (Å²) in [5, 5.41) is 31.5. The van der Waals surface area contributed by atoms with Gasteiger partial charge in [-0.1, -0.05) is 55.9 Å². The van der Waals surface area contributed by atoms with Crippen molar-refractivity contribution in [3.63, 3.8) is 0 Å². The van der Waals surface area contributed by atoms with E-state index in [0.29, 0.717) is 5.92 Å². The van der Waals surface area contributed by atoms with Crippen molar-refractivity contribution in [2.45, 2.75) is 65.5 Å². The number of aliphatic hydroxyl groups is 2. The van der Waals surface area contributed by atoms with Gasteiger partial charge in [-0.2, -0.15) is 0 Å². The molecule has 7 heteroatoms. The smallest absolute Gasteiger partial charge is 0.335 e. The standard InChI is InChI=1S/C25H35NO6/c1-6-16(2)10-8-7-9-11-17(3)14-18(4)12-13-20(27)21-22(28)19(26-23(21)29)15-25(5,32)24(30)31/h6-10,12-13,17-19,27,32H,11,14-15H2,1-5H3,(H,26,29)(H,30,31)/b9-7+,10-8+,13-12+,16-6+,21-20-/t17-,18+,19+,25-/m1/s1. The molecule has 0 aromatic carbocycles. The summed E-state index contributed by atoms with van der Waals surface area (Å²) in [7, 11) is 0. The first-order chi connectivity index (χ1) is 14.9. The lowest BCUT2D eigenvalue weighted by molar-refractivity contribution is -0.158. The summed E-state index contributed by atoms with van der Waals surface area (Å²) >= 11 is 0. The first kappa shape index (κ1) is 27.1. The zero-order valence-corrected chi connectivity index (χ0v) is 19.5. The molecular formula is C25H35NO6. The number of carbonyl (C=O) groups is 3. The van der Waals surface area contributed by atoms with Crippen LogP contribution < -0.4 is 5.32 Å². The minimum Gasteiger partial charge on any atom is -0.507 e. The van der Waals surface area contributed by atoms with Crippen molar-refractivity contribution in [1.82, 2.24) is 5.32 Å². The normalized spacial score (nSPS) is 23.1. The van der Waals surface area contributed by atoms with Crippen LogP contribution >= 0.6 is 0 Å². The molecule has 0 aliphatic carbocycles. The highest BCUT2D eigenvalue weighted by molar-refractivity contribution is 6.27. The second-order valence-electron chi connectivity index (χ2n) is 8.67. The summed E-state index contributed by atoms with van der Waals surface area (Å²) in [6.45, 7) is 9.18. The first-order valence-corrected chi connectivity index (χ1v) is 10.8. The number of rotatable bonds is 11. The molecule has 7 nitrogen and oxygen atoms in total. The van der Waals surface area contributed by atoms with Crippen molar-refractivity contribution in [2.24, 2.45) is 11.8 Å². The van der Waals surface area contributed by atoms with Gasteiger partial charge in [-0.15, -0.1) is 0 Å². The lowest BCUT2D eigenvalue weighted by atomic mass is 9.93. The molecule has 1 fully saturated rings. The lowest BCUT2D eigenvalue weighted by Crippen LogP contribution is -2.43. The number of aliphatic hydroxyl groups excluding tert-OH is 1. The average Bonchev–Trinajstić information content (AvgIpc) is 2.97. The predicted octanol–water partition coefficient (Wildman–Crippen LogP) is 3.78. The second kappa shape index (κ2) is 12.2. The van der Waals surface area contributed by atoms with Crippen LogP contribution in [0.3, 0.4) is 0 Å². The number of ketones is 1. The van der Waals surface area contributed by atoms with Gasteiger partial charge in [0, 0.05) is 6.42 Å². The van der Waals surface area contributed by atoms with E-state index >= 15 is 0 Å². The van der Waals surface area contributed by atoms with Gasteiger partial charge in [0.2, 0.25) is 0 Å². The van der Waals surface area contributed by atoms with Crippen LogP contribution in [0.2, 0.25) is 0 Å². The molecule has 0 radical (unpaired) electrons. The molecule has 32 heavy (non-hydrogen) atoms. The minimum atomic E-state index is -2.17. The summed E-state index contributed by atoms with van der Waals surface area (Å²) in [4.78, 5) is 35.6. The Morgan fingerprint density at radius 3 is 2.44 bits per heavy atom. The Morgan fingerprint density at radius 1 is 1.19 bits per heavy atom. The number of Topliss-reactive ketones (excluding diaryl/α,β-unsaturated/α-hetero) is 1. The zero-order valence-electron chi connectivity index (χ0n) is 19.5. The Labute approximate surface area is 189 Å². The molecule has 1 aliphatic heterocycles. The van der Waals surface area contributed by atoms with E-state index in [4.69, 9.17) is 5.11 Å². The maximum atomic E-state index is 12.5. The molecule has 0 spiro atoms. The number of hydrogen-bond acceptors (Lipinski definition) is 5. The molecule has 0 saturated carbocycles. The SMILES string of the molecule is C/C=C(C)/C=C/C=C/C[C@@H](C)C[C@@H](C)/C=C/C(O)=C1/C(=O)N[C@@H](C[C@@](C)(O)C(=O)O)C1=O. The van der Waals surface area contributed by atoms with Crippen molar-refractivity contribution in [3.05, 3.63) is 59.4 Å². The quantitative estimate of drug-likeness (QED) is 0.166. The molecule has 1 aliphatic rings. The molecule has 4 atom stereocenters. The number of carbonyl (C=O) groups excluding carboxylic acids is 2. The monoisotopic (exact) mass is 445 g/mol. The number of aliphatic carboxylic acids is 1. The first-order valence-electron chi connectivity index (χ1n) is 10.8. The summed E-state index contributed by atoms with van der Waals surface area (Å²) in [6.07, 6.45) is 14.5. The lowest BCUT2D eigenvalue weighted by Gasteiger charge is -2.20. The van der Waals surface area contributed by atoms with Gasteiger partial charge in [0.25, 0.3) is 5.91 Å². The molecule has 1 saturated heterocycles. The van der Waals surface area contributed by atoms with E-state index in [1.807, 2.05) is 45.1 Å². The molecule has 176 valence electrons. The van der Waals surface area contributed by atoms with Gasteiger partial charge < -0.3 is 20.6 Å². The Hall–Kier alpha value is -2.93. The van der Waals surface area contributed by atoms with Crippen molar-refractivity contribution < 1.29 is 29.7 Å². The van der Waals surface area contributed by atoms with E-state index in [1.54, 1.807) is 6.08 Å². The number of allylic oxidation sites excluding steroid dienone is 8. The topological polar surface area (TPSA) is 124 Å². The van der Waals surface area contributed by atoms with Crippen molar-refractivity contribution in [2.75, 3.05) is 0 Å².